The van der Waals surface area contributed by atoms with E-state index < -0.39 is 10.0 Å². The number of aryl methyl sites for hydroxylation is 1. The number of hydrogen-bond donors (Lipinski definition) is 1. The van der Waals surface area contributed by atoms with Gasteiger partial charge in [-0.25, -0.2) is 8.42 Å². The number of carbonyl (C=O) groups excluding carboxylic acids is 1. The van der Waals surface area contributed by atoms with Crippen LogP contribution in [0.3, 0.4) is 0 Å². The molecule has 30 heavy (non-hydrogen) atoms. The summed E-state index contributed by atoms with van der Waals surface area (Å²) < 4.78 is 27.3. The smallest absolute Gasteiger partial charge is 0.251 e. The van der Waals surface area contributed by atoms with Crippen molar-refractivity contribution in [3.8, 4) is 0 Å². The zero-order valence-corrected chi connectivity index (χ0v) is 19.8. The molecule has 0 saturated heterocycles. The number of thiophene rings is 1. The van der Waals surface area contributed by atoms with Gasteiger partial charge in [0.2, 0.25) is 10.0 Å². The fraction of sp³-hybridized carbons (Fsp3) is 0.500. The van der Waals surface area contributed by atoms with Gasteiger partial charge in [-0.1, -0.05) is 19.9 Å². The fourth-order valence-corrected chi connectivity index (χ4v) is 6.44. The number of fused-ring (bicyclic) bond motifs is 1. The highest BCUT2D eigenvalue weighted by atomic mass is 32.2. The maximum absolute atomic E-state index is 12.9. The van der Waals surface area contributed by atoms with Crippen LogP contribution in [0.1, 0.15) is 47.1 Å². The van der Waals surface area contributed by atoms with Gasteiger partial charge in [-0.15, -0.1) is 11.3 Å². The Hall–Kier alpha value is -1.74. The highest BCUT2D eigenvalue weighted by Gasteiger charge is 2.25. The summed E-state index contributed by atoms with van der Waals surface area (Å²) in [6.45, 7) is 10.7. The van der Waals surface area contributed by atoms with E-state index in [0.717, 1.165) is 19.5 Å². The average molecular weight is 450 g/mol. The molecule has 1 aromatic heterocycles. The number of benzene rings is 1. The van der Waals surface area contributed by atoms with E-state index in [1.54, 1.807) is 19.1 Å². The molecule has 1 aromatic carbocycles. The van der Waals surface area contributed by atoms with Crippen LogP contribution in [0.4, 0.5) is 0 Å². The van der Waals surface area contributed by atoms with Crippen molar-refractivity contribution in [2.45, 2.75) is 51.6 Å². The predicted octanol–water partition coefficient (Wildman–Crippen LogP) is 3.26. The molecule has 0 saturated carbocycles. The number of rotatable bonds is 8. The first-order valence-electron chi connectivity index (χ1n) is 10.5. The van der Waals surface area contributed by atoms with Gasteiger partial charge in [0.1, 0.15) is 0 Å². The largest absolute Gasteiger partial charge is 0.350 e. The van der Waals surface area contributed by atoms with Gasteiger partial charge in [0, 0.05) is 49.2 Å². The van der Waals surface area contributed by atoms with E-state index in [4.69, 9.17) is 0 Å². The molecule has 164 valence electrons. The minimum Gasteiger partial charge on any atom is -0.350 e. The van der Waals surface area contributed by atoms with Crippen LogP contribution >= 0.6 is 11.3 Å². The zero-order valence-electron chi connectivity index (χ0n) is 18.1. The first kappa shape index (κ1) is 22.9. The predicted molar refractivity (Wildman–Crippen MR) is 122 cm³/mol. The van der Waals surface area contributed by atoms with Crippen molar-refractivity contribution in [1.29, 1.82) is 0 Å². The summed E-state index contributed by atoms with van der Waals surface area (Å²) in [5.41, 5.74) is 2.40. The van der Waals surface area contributed by atoms with Crippen LogP contribution in [-0.4, -0.2) is 55.8 Å². The lowest BCUT2D eigenvalue weighted by Gasteiger charge is -2.32. The van der Waals surface area contributed by atoms with Gasteiger partial charge in [0.05, 0.1) is 4.90 Å². The number of carbonyl (C=O) groups is 1. The van der Waals surface area contributed by atoms with E-state index in [-0.39, 0.29) is 16.8 Å². The Morgan fingerprint density at radius 2 is 2.00 bits per heavy atom. The van der Waals surface area contributed by atoms with Crippen LogP contribution in [0.15, 0.2) is 34.5 Å². The van der Waals surface area contributed by atoms with Gasteiger partial charge in [0.15, 0.2) is 0 Å². The summed E-state index contributed by atoms with van der Waals surface area (Å²) in [5.74, 6) is -0.244. The van der Waals surface area contributed by atoms with Crippen molar-refractivity contribution in [3.63, 3.8) is 0 Å². The normalized spacial score (nSPS) is 15.8. The number of sulfonamides is 1. The second-order valence-electron chi connectivity index (χ2n) is 7.72. The Labute approximate surface area is 183 Å². The van der Waals surface area contributed by atoms with E-state index in [2.05, 4.69) is 28.6 Å². The minimum absolute atomic E-state index is 0.200. The Morgan fingerprint density at radius 3 is 2.70 bits per heavy atom. The third-order valence-electron chi connectivity index (χ3n) is 5.79. The molecule has 1 unspecified atom stereocenters. The highest BCUT2D eigenvalue weighted by Crippen LogP contribution is 2.25. The molecule has 6 nitrogen and oxygen atoms in total. The second kappa shape index (κ2) is 9.60. The quantitative estimate of drug-likeness (QED) is 0.672. The molecule has 1 amide bonds. The summed E-state index contributed by atoms with van der Waals surface area (Å²) in [5, 5.41) is 5.12. The molecule has 1 atom stereocenters. The topological polar surface area (TPSA) is 69.7 Å². The summed E-state index contributed by atoms with van der Waals surface area (Å²) >= 11 is 1.82. The summed E-state index contributed by atoms with van der Waals surface area (Å²) in [7, 11) is -3.61. The van der Waals surface area contributed by atoms with Crippen LogP contribution < -0.4 is 5.32 Å². The molecule has 0 aliphatic carbocycles. The Kier molecular flexibility index (Phi) is 7.34. The van der Waals surface area contributed by atoms with E-state index in [1.165, 1.54) is 20.8 Å². The summed E-state index contributed by atoms with van der Waals surface area (Å²) in [4.78, 5) is 16.8. The molecular formula is C22H31N3O3S2. The molecule has 0 spiro atoms. The lowest BCUT2D eigenvalue weighted by molar-refractivity contribution is 0.0932. The zero-order chi connectivity index (χ0) is 21.9. The summed E-state index contributed by atoms with van der Waals surface area (Å²) in [6, 6.07) is 7.28. The molecule has 0 fully saturated rings. The van der Waals surface area contributed by atoms with E-state index in [0.29, 0.717) is 30.8 Å². The molecule has 2 heterocycles. The van der Waals surface area contributed by atoms with Crippen LogP contribution in [-0.2, 0) is 23.0 Å². The van der Waals surface area contributed by atoms with Crippen molar-refractivity contribution < 1.29 is 13.2 Å². The monoisotopic (exact) mass is 449 g/mol. The number of nitrogens with zero attached hydrogens (tertiary/aromatic N) is 2. The lowest BCUT2D eigenvalue weighted by Crippen LogP contribution is -2.44. The molecular weight excluding hydrogens is 418 g/mol. The molecule has 1 aliphatic heterocycles. The summed E-state index contributed by atoms with van der Waals surface area (Å²) in [6.07, 6.45) is 1.05. The molecule has 8 heteroatoms. The van der Waals surface area contributed by atoms with E-state index in [9.17, 15) is 13.2 Å². The fourth-order valence-electron chi connectivity index (χ4n) is 3.84. The molecule has 1 aliphatic rings. The van der Waals surface area contributed by atoms with E-state index in [1.807, 2.05) is 25.2 Å². The molecule has 2 aromatic rings. The number of nitrogens with one attached hydrogen (secondary N) is 1. The third kappa shape index (κ3) is 4.77. The van der Waals surface area contributed by atoms with Crippen molar-refractivity contribution in [3.05, 3.63) is 51.2 Å². The SMILES string of the molecule is CCN(CC)S(=O)(=O)c1cc(C(=O)NCC(C)N2CCc3sccc3C2)ccc1C. The number of amides is 1. The first-order chi connectivity index (χ1) is 14.3. The molecule has 1 N–H and O–H groups in total. The Bertz CT molecular complexity index is 997. The van der Waals surface area contributed by atoms with Crippen molar-refractivity contribution in [1.82, 2.24) is 14.5 Å². The van der Waals surface area contributed by atoms with Crippen molar-refractivity contribution >= 4 is 27.3 Å². The second-order valence-corrected chi connectivity index (χ2v) is 10.6. The average Bonchev–Trinajstić information content (AvgIpc) is 3.20. The third-order valence-corrected chi connectivity index (χ3v) is 9.01. The Balaban J connectivity index is 1.67. The van der Waals surface area contributed by atoms with Crippen LogP contribution in [0, 0.1) is 6.92 Å². The standard InChI is InChI=1S/C22H31N3O3S2/c1-5-25(6-2)30(27,28)21-13-18(8-7-16(21)3)22(26)23-14-17(4)24-11-9-20-19(15-24)10-12-29-20/h7-8,10,12-13,17H,5-6,9,11,14-15H2,1-4H3,(H,23,26). The lowest BCUT2D eigenvalue weighted by atomic mass is 10.1. The molecule has 0 radical (unpaired) electrons. The highest BCUT2D eigenvalue weighted by molar-refractivity contribution is 7.89. The Morgan fingerprint density at radius 1 is 1.27 bits per heavy atom. The van der Waals surface area contributed by atoms with Gasteiger partial charge >= 0.3 is 0 Å². The van der Waals surface area contributed by atoms with Crippen LogP contribution in [0.2, 0.25) is 0 Å². The first-order valence-corrected chi connectivity index (χ1v) is 12.8. The molecule has 0 bridgehead atoms. The van der Waals surface area contributed by atoms with Crippen LogP contribution in [0.5, 0.6) is 0 Å². The maximum atomic E-state index is 12.9. The molecule has 3 rings (SSSR count). The van der Waals surface area contributed by atoms with Gasteiger partial charge in [-0.3, -0.25) is 9.69 Å². The van der Waals surface area contributed by atoms with Gasteiger partial charge in [-0.2, -0.15) is 4.31 Å². The van der Waals surface area contributed by atoms with Gasteiger partial charge in [0.25, 0.3) is 5.91 Å². The van der Waals surface area contributed by atoms with Crippen LogP contribution in [0.25, 0.3) is 0 Å². The minimum atomic E-state index is -3.61. The number of hydrogen-bond acceptors (Lipinski definition) is 5. The van der Waals surface area contributed by atoms with E-state index >= 15 is 0 Å². The maximum Gasteiger partial charge on any atom is 0.251 e. The van der Waals surface area contributed by atoms with Crippen molar-refractivity contribution in [2.75, 3.05) is 26.2 Å². The van der Waals surface area contributed by atoms with Gasteiger partial charge in [-0.05, 0) is 55.0 Å². The van der Waals surface area contributed by atoms with Gasteiger partial charge < -0.3 is 5.32 Å². The van der Waals surface area contributed by atoms with Crippen molar-refractivity contribution in [2.24, 2.45) is 0 Å².